The van der Waals surface area contributed by atoms with Gasteiger partial charge in [0.25, 0.3) is 0 Å². The van der Waals surface area contributed by atoms with Gasteiger partial charge in [0.15, 0.2) is 9.90 Å². The van der Waals surface area contributed by atoms with Gasteiger partial charge < -0.3 is 4.74 Å². The van der Waals surface area contributed by atoms with E-state index in [1.807, 2.05) is 6.07 Å². The topological polar surface area (TPSA) is 69.2 Å². The minimum atomic E-state index is -1.46. The van der Waals surface area contributed by atoms with Gasteiger partial charge in [-0.3, -0.25) is 0 Å². The van der Waals surface area contributed by atoms with E-state index in [2.05, 4.69) is 9.59 Å². The maximum atomic E-state index is 12.3. The lowest BCUT2D eigenvalue weighted by Gasteiger charge is -2.01. The Hall–Kier alpha value is -1.60. The Balaban J connectivity index is 2.32. The number of esters is 1. The lowest BCUT2D eigenvalue weighted by atomic mass is 10.4. The van der Waals surface area contributed by atoms with Crippen LogP contribution in [-0.2, 0) is 15.5 Å². The Bertz CT molecular complexity index is 569. The van der Waals surface area contributed by atoms with Crippen molar-refractivity contribution in [3.05, 3.63) is 36.0 Å². The van der Waals surface area contributed by atoms with E-state index in [9.17, 15) is 9.00 Å². The highest BCUT2D eigenvalue weighted by Crippen LogP contribution is 2.22. The van der Waals surface area contributed by atoms with Crippen LogP contribution in [0.4, 0.5) is 0 Å². The fraction of sp³-hybridized carbons (Fsp3) is 0.182. The minimum absolute atomic E-state index is 0.0315. The van der Waals surface area contributed by atoms with Gasteiger partial charge in [-0.1, -0.05) is 22.7 Å². The summed E-state index contributed by atoms with van der Waals surface area (Å²) in [6, 6.07) is 8.85. The standard InChI is InChI=1S/C11H10N2O3S2/c1-2-16-10(14)9-11(17-13-12-9)18(15)8-6-4-3-5-7-8/h3-7H,2H2,1H3/t18-/m0/s1. The van der Waals surface area contributed by atoms with Crippen LogP contribution in [0.3, 0.4) is 0 Å². The highest BCUT2D eigenvalue weighted by atomic mass is 32.2. The van der Waals surface area contributed by atoms with Gasteiger partial charge in [0.1, 0.15) is 0 Å². The smallest absolute Gasteiger partial charge is 0.361 e. The molecule has 0 aliphatic carbocycles. The van der Waals surface area contributed by atoms with Gasteiger partial charge in [-0.2, -0.15) is 0 Å². The van der Waals surface area contributed by atoms with Crippen molar-refractivity contribution < 1.29 is 13.7 Å². The summed E-state index contributed by atoms with van der Waals surface area (Å²) >= 11 is 0.945. The van der Waals surface area contributed by atoms with Crippen LogP contribution in [-0.4, -0.2) is 26.4 Å². The Morgan fingerprint density at radius 2 is 2.11 bits per heavy atom. The Labute approximate surface area is 110 Å². The number of nitrogens with zero attached hydrogens (tertiary/aromatic N) is 2. The molecule has 5 nitrogen and oxygen atoms in total. The molecule has 0 amide bonds. The summed E-state index contributed by atoms with van der Waals surface area (Å²) in [5.41, 5.74) is 0.0315. The molecule has 1 aromatic heterocycles. The van der Waals surface area contributed by atoms with Crippen molar-refractivity contribution in [2.45, 2.75) is 16.0 Å². The second-order valence-electron chi connectivity index (χ2n) is 3.21. The van der Waals surface area contributed by atoms with E-state index < -0.39 is 16.8 Å². The van der Waals surface area contributed by atoms with Crippen LogP contribution in [0, 0.1) is 0 Å². The van der Waals surface area contributed by atoms with E-state index in [0.29, 0.717) is 9.10 Å². The predicted molar refractivity (Wildman–Crippen MR) is 67.0 cm³/mol. The zero-order chi connectivity index (χ0) is 13.0. The number of carbonyl (C=O) groups is 1. The second-order valence-corrected chi connectivity index (χ2v) is 5.64. The minimum Gasteiger partial charge on any atom is -0.461 e. The van der Waals surface area contributed by atoms with E-state index in [4.69, 9.17) is 4.74 Å². The first-order valence-corrected chi connectivity index (χ1v) is 7.12. The SMILES string of the molecule is CCOC(=O)c1nnsc1[S@@](=O)c1ccccc1. The molecule has 0 aliphatic heterocycles. The molecule has 2 rings (SSSR count). The van der Waals surface area contributed by atoms with Crippen LogP contribution in [0.5, 0.6) is 0 Å². The molecule has 1 heterocycles. The molecule has 0 saturated heterocycles. The molecule has 18 heavy (non-hydrogen) atoms. The predicted octanol–water partition coefficient (Wildman–Crippen LogP) is 1.88. The van der Waals surface area contributed by atoms with E-state index >= 15 is 0 Å². The first-order valence-electron chi connectivity index (χ1n) is 5.20. The summed E-state index contributed by atoms with van der Waals surface area (Å²) in [4.78, 5) is 12.2. The first kappa shape index (κ1) is 12.8. The first-order chi connectivity index (χ1) is 8.74. The number of ether oxygens (including phenoxy) is 1. The summed E-state index contributed by atoms with van der Waals surface area (Å²) in [7, 11) is -1.46. The van der Waals surface area contributed by atoms with Crippen LogP contribution in [0.1, 0.15) is 17.4 Å². The lowest BCUT2D eigenvalue weighted by Crippen LogP contribution is -2.08. The third-order valence-electron chi connectivity index (χ3n) is 2.05. The quantitative estimate of drug-likeness (QED) is 0.801. The van der Waals surface area contributed by atoms with E-state index in [0.717, 1.165) is 11.5 Å². The van der Waals surface area contributed by atoms with Crippen molar-refractivity contribution in [3.63, 3.8) is 0 Å². The number of benzene rings is 1. The summed E-state index contributed by atoms with van der Waals surface area (Å²) in [5, 5.41) is 3.68. The third-order valence-corrected chi connectivity index (χ3v) is 4.48. The van der Waals surface area contributed by atoms with Gasteiger partial charge >= 0.3 is 5.97 Å². The normalized spacial score (nSPS) is 12.1. The van der Waals surface area contributed by atoms with Crippen molar-refractivity contribution in [1.29, 1.82) is 0 Å². The molecular weight excluding hydrogens is 272 g/mol. The number of hydrogen-bond acceptors (Lipinski definition) is 6. The maximum Gasteiger partial charge on any atom is 0.361 e. The summed E-state index contributed by atoms with van der Waals surface area (Å²) in [6.07, 6.45) is 0. The van der Waals surface area contributed by atoms with Crippen LogP contribution >= 0.6 is 11.5 Å². The second kappa shape index (κ2) is 5.83. The lowest BCUT2D eigenvalue weighted by molar-refractivity contribution is 0.0515. The Kier molecular flexibility index (Phi) is 4.16. The number of aromatic nitrogens is 2. The van der Waals surface area contributed by atoms with Crippen molar-refractivity contribution in [2.24, 2.45) is 0 Å². The number of carbonyl (C=O) groups excluding carboxylic acids is 1. The zero-order valence-electron chi connectivity index (χ0n) is 9.53. The van der Waals surface area contributed by atoms with Gasteiger partial charge in [-0.15, -0.1) is 5.10 Å². The van der Waals surface area contributed by atoms with Crippen molar-refractivity contribution in [1.82, 2.24) is 9.59 Å². The zero-order valence-corrected chi connectivity index (χ0v) is 11.2. The molecule has 0 unspecified atom stereocenters. The van der Waals surface area contributed by atoms with Gasteiger partial charge in [-0.25, -0.2) is 9.00 Å². The van der Waals surface area contributed by atoms with Crippen LogP contribution in [0.15, 0.2) is 39.4 Å². The molecule has 0 aliphatic rings. The average Bonchev–Trinajstić information content (AvgIpc) is 2.88. The summed E-state index contributed by atoms with van der Waals surface area (Å²) in [6.45, 7) is 1.94. The largest absolute Gasteiger partial charge is 0.461 e. The molecule has 0 fully saturated rings. The van der Waals surface area contributed by atoms with E-state index in [1.165, 1.54) is 0 Å². The van der Waals surface area contributed by atoms with Crippen LogP contribution in [0.2, 0.25) is 0 Å². The highest BCUT2D eigenvalue weighted by Gasteiger charge is 2.23. The third kappa shape index (κ3) is 2.62. The molecule has 1 aromatic carbocycles. The molecule has 0 radical (unpaired) electrons. The monoisotopic (exact) mass is 282 g/mol. The molecule has 1 atom stereocenters. The van der Waals surface area contributed by atoms with Crippen molar-refractivity contribution in [2.75, 3.05) is 6.61 Å². The van der Waals surface area contributed by atoms with Gasteiger partial charge in [-0.05, 0) is 30.6 Å². The average molecular weight is 282 g/mol. The molecule has 0 spiro atoms. The molecule has 7 heteroatoms. The molecule has 0 bridgehead atoms. The van der Waals surface area contributed by atoms with Crippen LogP contribution in [0.25, 0.3) is 0 Å². The molecule has 0 saturated carbocycles. The van der Waals surface area contributed by atoms with Gasteiger partial charge in [0, 0.05) is 4.90 Å². The maximum absolute atomic E-state index is 12.3. The highest BCUT2D eigenvalue weighted by molar-refractivity contribution is 7.87. The molecule has 0 N–H and O–H groups in total. The summed E-state index contributed by atoms with van der Waals surface area (Å²) in [5.74, 6) is -0.592. The fourth-order valence-electron chi connectivity index (χ4n) is 1.28. The molecular formula is C11H10N2O3S2. The van der Waals surface area contributed by atoms with E-state index in [-0.39, 0.29) is 12.3 Å². The Morgan fingerprint density at radius 3 is 2.78 bits per heavy atom. The number of rotatable bonds is 4. The fourth-order valence-corrected chi connectivity index (χ4v) is 3.26. The van der Waals surface area contributed by atoms with Gasteiger partial charge in [0.05, 0.1) is 17.4 Å². The summed E-state index contributed by atoms with van der Waals surface area (Å²) < 4.78 is 21.1. The van der Waals surface area contributed by atoms with E-state index in [1.54, 1.807) is 31.2 Å². The Morgan fingerprint density at radius 1 is 1.39 bits per heavy atom. The van der Waals surface area contributed by atoms with Crippen molar-refractivity contribution in [3.8, 4) is 0 Å². The van der Waals surface area contributed by atoms with Gasteiger partial charge in [0.2, 0.25) is 0 Å². The number of hydrogen-bond donors (Lipinski definition) is 0. The molecule has 2 aromatic rings. The van der Waals surface area contributed by atoms with Crippen LogP contribution < -0.4 is 0 Å². The van der Waals surface area contributed by atoms with Crippen molar-refractivity contribution >= 4 is 28.3 Å². The molecule has 94 valence electrons.